The normalized spacial score (nSPS) is 17.6. The van der Waals surface area contributed by atoms with Crippen LogP contribution in [0.3, 0.4) is 0 Å². The number of ether oxygens (including phenoxy) is 1. The first kappa shape index (κ1) is 25.4. The lowest BCUT2D eigenvalue weighted by Gasteiger charge is -2.38. The van der Waals surface area contributed by atoms with E-state index in [0.29, 0.717) is 36.2 Å². The summed E-state index contributed by atoms with van der Waals surface area (Å²) in [5.74, 6) is -1.21. The summed E-state index contributed by atoms with van der Waals surface area (Å²) in [4.78, 5) is 38.4. The Labute approximate surface area is 215 Å². The number of hydrogen-bond donors (Lipinski definition) is 3. The van der Waals surface area contributed by atoms with Crippen molar-refractivity contribution in [3.63, 3.8) is 0 Å². The second-order valence-electron chi connectivity index (χ2n) is 8.09. The van der Waals surface area contributed by atoms with E-state index in [1.54, 1.807) is 20.0 Å². The highest BCUT2D eigenvalue weighted by Gasteiger charge is 2.35. The molecule has 0 spiro atoms. The Morgan fingerprint density at radius 1 is 1.53 bits per heavy atom. The number of amides is 1. The molecular formula is C22H23ClN8O4S. The number of thiazole rings is 1. The van der Waals surface area contributed by atoms with Gasteiger partial charge in [-0.2, -0.15) is 10.4 Å². The fourth-order valence-electron chi connectivity index (χ4n) is 3.99. The molecule has 0 bridgehead atoms. The van der Waals surface area contributed by atoms with Gasteiger partial charge in [-0.3, -0.25) is 4.79 Å². The Balaban J connectivity index is 1.56. The number of carbonyl (C=O) groups excluding carboxylic acids is 1. The first-order chi connectivity index (χ1) is 17.2. The number of aromatic nitrogens is 5. The number of aromatic amines is 1. The largest absolute Gasteiger partial charge is 0.477 e. The second kappa shape index (κ2) is 10.5. The van der Waals surface area contributed by atoms with Crippen molar-refractivity contribution >= 4 is 39.9 Å². The molecule has 3 N–H and O–H groups in total. The number of H-pyrrole nitrogens is 1. The first-order valence-electron chi connectivity index (χ1n) is 10.9. The summed E-state index contributed by atoms with van der Waals surface area (Å²) >= 11 is 7.18. The Morgan fingerprint density at radius 2 is 2.31 bits per heavy atom. The Hall–Kier alpha value is -3.73. The summed E-state index contributed by atoms with van der Waals surface area (Å²) < 4.78 is 7.42. The van der Waals surface area contributed by atoms with Gasteiger partial charge in [0, 0.05) is 25.8 Å². The van der Waals surface area contributed by atoms with Crippen LogP contribution in [0.15, 0.2) is 19.0 Å². The van der Waals surface area contributed by atoms with Crippen molar-refractivity contribution < 1.29 is 19.4 Å². The van der Waals surface area contributed by atoms with Crippen LogP contribution in [-0.2, 0) is 11.8 Å². The highest BCUT2D eigenvalue weighted by molar-refractivity contribution is 7.17. The van der Waals surface area contributed by atoms with E-state index in [2.05, 4.69) is 31.9 Å². The van der Waals surface area contributed by atoms with Crippen molar-refractivity contribution in [3.8, 4) is 17.6 Å². The van der Waals surface area contributed by atoms with E-state index in [9.17, 15) is 20.0 Å². The summed E-state index contributed by atoms with van der Waals surface area (Å²) in [7, 11) is 1.66. The zero-order chi connectivity index (χ0) is 26.0. The molecule has 2 atom stereocenters. The van der Waals surface area contributed by atoms with Gasteiger partial charge in [0.1, 0.15) is 34.2 Å². The van der Waals surface area contributed by atoms with Crippen molar-refractivity contribution in [2.45, 2.75) is 25.5 Å². The molecule has 1 fully saturated rings. The van der Waals surface area contributed by atoms with E-state index < -0.39 is 18.0 Å². The lowest BCUT2D eigenvalue weighted by atomic mass is 10.0. The van der Waals surface area contributed by atoms with E-state index in [4.69, 9.17) is 16.3 Å². The molecule has 188 valence electrons. The molecule has 0 unspecified atom stereocenters. The number of carboxylic acid groups (broad SMARTS) is 1. The van der Waals surface area contributed by atoms with Crippen LogP contribution >= 0.6 is 22.9 Å². The number of anilines is 1. The minimum absolute atomic E-state index is 0.0584. The van der Waals surface area contributed by atoms with Crippen molar-refractivity contribution in [1.29, 1.82) is 5.26 Å². The maximum atomic E-state index is 13.0. The van der Waals surface area contributed by atoms with Gasteiger partial charge < -0.3 is 25.0 Å². The standard InChI is InChI=1S/C22H23ClN8O4S/c1-4-7-35-14-9-31(22-29-17(18(36-22)21(33)34)19-25-10-26-30(19)3)6-5-13(14)28-20(32)16-12(8-24)15(23)11(2)27-16/h4,10,13-14,27H,1,5-7,9H2,2-3H3,(H,28,32)(H,33,34)/t13-,14+/m1/s1. The number of carboxylic acids is 1. The van der Waals surface area contributed by atoms with Crippen LogP contribution in [0.1, 0.15) is 37.8 Å². The molecule has 3 aromatic heterocycles. The van der Waals surface area contributed by atoms with E-state index >= 15 is 0 Å². The van der Waals surface area contributed by atoms with Crippen LogP contribution in [0.2, 0.25) is 5.02 Å². The van der Waals surface area contributed by atoms with Crippen molar-refractivity contribution in [2.75, 3.05) is 24.6 Å². The van der Waals surface area contributed by atoms with Gasteiger partial charge in [-0.25, -0.2) is 19.4 Å². The predicted molar refractivity (Wildman–Crippen MR) is 132 cm³/mol. The van der Waals surface area contributed by atoms with Gasteiger partial charge in [-0.1, -0.05) is 29.0 Å². The summed E-state index contributed by atoms with van der Waals surface area (Å²) in [6.07, 6.45) is 2.99. The molecular weight excluding hydrogens is 508 g/mol. The number of nitrogens with one attached hydrogen (secondary N) is 2. The molecule has 36 heavy (non-hydrogen) atoms. The molecule has 0 radical (unpaired) electrons. The maximum absolute atomic E-state index is 13.0. The Kier molecular flexibility index (Phi) is 7.39. The van der Waals surface area contributed by atoms with E-state index in [-0.39, 0.29) is 39.5 Å². The molecule has 12 nitrogen and oxygen atoms in total. The second-order valence-corrected chi connectivity index (χ2v) is 9.44. The van der Waals surface area contributed by atoms with Gasteiger partial charge in [0.25, 0.3) is 5.91 Å². The zero-order valence-electron chi connectivity index (χ0n) is 19.5. The SMILES string of the molecule is C=CCO[C@H]1CN(c2nc(-c3ncnn3C)c(C(=O)O)s2)CC[C@H]1NC(=O)c1[nH]c(C)c(Cl)c1C#N. The average molecular weight is 531 g/mol. The lowest BCUT2D eigenvalue weighted by Crippen LogP contribution is -2.55. The Morgan fingerprint density at radius 3 is 2.94 bits per heavy atom. The van der Waals surface area contributed by atoms with E-state index in [1.165, 1.54) is 11.0 Å². The summed E-state index contributed by atoms with van der Waals surface area (Å²) in [6, 6.07) is 1.59. The van der Waals surface area contributed by atoms with Crippen LogP contribution in [0.4, 0.5) is 5.13 Å². The van der Waals surface area contributed by atoms with Crippen LogP contribution in [0.5, 0.6) is 0 Å². The number of halogens is 1. The van der Waals surface area contributed by atoms with Gasteiger partial charge in [-0.05, 0) is 13.3 Å². The predicted octanol–water partition coefficient (Wildman–Crippen LogP) is 2.38. The number of aryl methyl sites for hydroxylation is 2. The number of nitriles is 1. The molecule has 14 heteroatoms. The number of carbonyl (C=O) groups is 2. The monoisotopic (exact) mass is 530 g/mol. The van der Waals surface area contributed by atoms with Crippen molar-refractivity contribution in [2.24, 2.45) is 7.05 Å². The molecule has 4 rings (SSSR count). The number of aromatic carboxylic acids is 1. The molecule has 4 heterocycles. The minimum Gasteiger partial charge on any atom is -0.477 e. The van der Waals surface area contributed by atoms with E-state index in [1.807, 2.05) is 11.0 Å². The van der Waals surface area contributed by atoms with Crippen LogP contribution < -0.4 is 10.2 Å². The summed E-state index contributed by atoms with van der Waals surface area (Å²) in [5.41, 5.74) is 0.964. The third-order valence-corrected chi connectivity index (χ3v) is 7.33. The maximum Gasteiger partial charge on any atom is 0.348 e. The number of piperidine rings is 1. The summed E-state index contributed by atoms with van der Waals surface area (Å²) in [5, 5.41) is 26.8. The molecule has 0 saturated carbocycles. The van der Waals surface area contributed by atoms with Crippen molar-refractivity contribution in [1.82, 2.24) is 30.0 Å². The average Bonchev–Trinajstić information content (AvgIpc) is 3.55. The molecule has 1 amide bonds. The van der Waals surface area contributed by atoms with Gasteiger partial charge in [0.05, 0.1) is 23.8 Å². The third kappa shape index (κ3) is 4.83. The topological polar surface area (TPSA) is 162 Å². The Bertz CT molecular complexity index is 1360. The molecule has 1 saturated heterocycles. The van der Waals surface area contributed by atoms with Crippen molar-refractivity contribution in [3.05, 3.63) is 45.8 Å². The van der Waals surface area contributed by atoms with Gasteiger partial charge in [0.15, 0.2) is 11.0 Å². The molecule has 3 aromatic rings. The fourth-order valence-corrected chi connectivity index (χ4v) is 5.10. The van der Waals surface area contributed by atoms with Gasteiger partial charge in [0.2, 0.25) is 0 Å². The lowest BCUT2D eigenvalue weighted by molar-refractivity contribution is 0.0355. The van der Waals surface area contributed by atoms with Crippen LogP contribution in [0, 0.1) is 18.3 Å². The summed E-state index contributed by atoms with van der Waals surface area (Å²) in [6.45, 7) is 6.46. The number of hydrogen-bond acceptors (Lipinski definition) is 9. The molecule has 1 aliphatic heterocycles. The molecule has 0 aliphatic carbocycles. The quantitative estimate of drug-likeness (QED) is 0.371. The van der Waals surface area contributed by atoms with Crippen LogP contribution in [-0.4, -0.2) is 73.6 Å². The van der Waals surface area contributed by atoms with Gasteiger partial charge >= 0.3 is 5.97 Å². The molecule has 1 aliphatic rings. The fraction of sp³-hybridized carbons (Fsp3) is 0.364. The number of rotatable bonds is 8. The third-order valence-electron chi connectivity index (χ3n) is 5.76. The highest BCUT2D eigenvalue weighted by Crippen LogP contribution is 2.34. The molecule has 0 aromatic carbocycles. The van der Waals surface area contributed by atoms with Gasteiger partial charge in [-0.15, -0.1) is 6.58 Å². The highest BCUT2D eigenvalue weighted by atomic mass is 35.5. The van der Waals surface area contributed by atoms with Crippen LogP contribution in [0.25, 0.3) is 11.5 Å². The zero-order valence-corrected chi connectivity index (χ0v) is 21.1. The first-order valence-corrected chi connectivity index (χ1v) is 12.1. The van der Waals surface area contributed by atoms with E-state index in [0.717, 1.165) is 11.3 Å². The smallest absolute Gasteiger partial charge is 0.348 e. The minimum atomic E-state index is -1.11. The number of nitrogens with zero attached hydrogens (tertiary/aromatic N) is 6.